The third-order valence-electron chi connectivity index (χ3n) is 31.3. The van der Waals surface area contributed by atoms with Gasteiger partial charge in [0.15, 0.2) is 0 Å². The molecule has 0 spiro atoms. The second kappa shape index (κ2) is 35.2. The first-order chi connectivity index (χ1) is 74.4. The van der Waals surface area contributed by atoms with Crippen LogP contribution in [0.4, 0.5) is 0 Å². The number of benzene rings is 27. The molecule has 0 aliphatic rings. The van der Waals surface area contributed by atoms with E-state index in [1.54, 1.807) is 0 Å². The average molecular weight is 2010 g/mol. The molecule has 6 heteroatoms. The fourth-order valence-electron chi connectivity index (χ4n) is 24.9. The molecule has 0 aliphatic heterocycles. The van der Waals surface area contributed by atoms with Crippen LogP contribution >= 0.6 is 68.0 Å². The van der Waals surface area contributed by atoms with Crippen LogP contribution in [0.2, 0.25) is 0 Å². The Morgan fingerprint density at radius 2 is 0.327 bits per heavy atom. The van der Waals surface area contributed by atoms with Gasteiger partial charge in [-0.15, -0.1) is 68.0 Å². The lowest BCUT2D eigenvalue weighted by atomic mass is 9.85. The largest absolute Gasteiger partial charge is 0.135 e. The van der Waals surface area contributed by atoms with E-state index in [1.165, 1.54) is 318 Å². The van der Waals surface area contributed by atoms with Crippen molar-refractivity contribution in [3.05, 3.63) is 510 Å². The average Bonchev–Trinajstić information content (AvgIpc) is 1.56. The van der Waals surface area contributed by atoms with Crippen molar-refractivity contribution in [1.82, 2.24) is 0 Å². The Bertz CT molecular complexity index is 11300. The highest BCUT2D eigenvalue weighted by Crippen LogP contribution is 2.57. The maximum Gasteiger partial charge on any atom is 0.0534 e. The van der Waals surface area contributed by atoms with E-state index in [0.29, 0.717) is 0 Å². The van der Waals surface area contributed by atoms with Gasteiger partial charge in [-0.3, -0.25) is 0 Å². The van der Waals surface area contributed by atoms with Crippen molar-refractivity contribution in [1.29, 1.82) is 0 Å². The molecule has 0 radical (unpaired) electrons. The molecule has 0 amide bonds. The molecule has 33 aromatic rings. The minimum Gasteiger partial charge on any atom is -0.135 e. The van der Waals surface area contributed by atoms with Crippen molar-refractivity contribution in [3.8, 4) is 100 Å². The summed E-state index contributed by atoms with van der Waals surface area (Å²) in [4.78, 5) is 0. The van der Waals surface area contributed by atoms with Gasteiger partial charge >= 0.3 is 0 Å². The summed E-state index contributed by atoms with van der Waals surface area (Å²) < 4.78 is 16.4. The Balaban J connectivity index is 0.000000101. The zero-order valence-corrected chi connectivity index (χ0v) is 85.8. The lowest BCUT2D eigenvalue weighted by molar-refractivity contribution is 1.64. The van der Waals surface area contributed by atoms with E-state index in [9.17, 15) is 0 Å². The fraction of sp³-hybridized carbons (Fsp3) is 0. The van der Waals surface area contributed by atoms with Gasteiger partial charge in [0.05, 0.1) is 9.40 Å². The minimum absolute atomic E-state index is 1.24. The highest BCUT2D eigenvalue weighted by atomic mass is 32.1. The molecule has 6 aromatic heterocycles. The van der Waals surface area contributed by atoms with Gasteiger partial charge in [0.1, 0.15) is 0 Å². The van der Waals surface area contributed by atoms with E-state index >= 15 is 0 Å². The van der Waals surface area contributed by atoms with Gasteiger partial charge in [0, 0.05) is 122 Å². The van der Waals surface area contributed by atoms with E-state index in [2.05, 4.69) is 510 Å². The first-order valence-electron chi connectivity index (χ1n) is 51.3. The Labute approximate surface area is 887 Å². The summed E-state index contributed by atoms with van der Waals surface area (Å²) in [5.74, 6) is 0. The Kier molecular flexibility index (Phi) is 20.4. The van der Waals surface area contributed by atoms with Gasteiger partial charge < -0.3 is 0 Å². The van der Waals surface area contributed by atoms with E-state index < -0.39 is 0 Å². The lowest BCUT2D eigenvalue weighted by Crippen LogP contribution is -1.91. The van der Waals surface area contributed by atoms with Gasteiger partial charge in [-0.05, 0) is 253 Å². The molecule has 0 bridgehead atoms. The van der Waals surface area contributed by atoms with Crippen LogP contribution in [0.5, 0.6) is 0 Å². The Morgan fingerprint density at radius 3 is 0.720 bits per heavy atom. The Morgan fingerprint density at radius 1 is 0.0933 bits per heavy atom. The number of hydrogen-bond donors (Lipinski definition) is 0. The van der Waals surface area contributed by atoms with Crippen molar-refractivity contribution >= 4 is 286 Å². The zero-order valence-electron chi connectivity index (χ0n) is 80.9. The molecule has 0 saturated carbocycles. The molecule has 0 aliphatic carbocycles. The molecule has 0 fully saturated rings. The quantitative estimate of drug-likeness (QED) is 0.126. The van der Waals surface area contributed by atoms with Crippen LogP contribution in [0.1, 0.15) is 0 Å². The maximum atomic E-state index is 2.46. The summed E-state index contributed by atoms with van der Waals surface area (Å²) in [7, 11) is 0. The third-order valence-corrected chi connectivity index (χ3v) is 38.7. The zero-order chi connectivity index (χ0) is 98.3. The van der Waals surface area contributed by atoms with Gasteiger partial charge in [-0.1, -0.05) is 443 Å². The lowest BCUT2D eigenvalue weighted by Gasteiger charge is -2.18. The number of hydrogen-bond acceptors (Lipinski definition) is 6. The molecule has 0 saturated heterocycles. The van der Waals surface area contributed by atoms with Crippen LogP contribution in [0.3, 0.4) is 0 Å². The van der Waals surface area contributed by atoms with Crippen molar-refractivity contribution in [2.45, 2.75) is 0 Å². The molecule has 150 heavy (non-hydrogen) atoms. The topological polar surface area (TPSA) is 0 Å². The van der Waals surface area contributed by atoms with E-state index in [4.69, 9.17) is 0 Å². The molecule has 27 aromatic carbocycles. The SMILES string of the molecule is c1ccc(-c2c3ccccc3c(-c3cccc(-c4cc5c6ccc7c8ccccc8sc7c6sc5c5ccccc45)c3)c3ccccc23)cc1.c1ccc(-c2c3ccccc3c(-c3cccc(-c4cc5c6ccc7sc8ccccc8c7c6sc5c5ccccc45)c3)c3ccccc23)cc1.c1ccc(-c2c3ccccc3c(-c3cccc(-c4cc5sc6ccc7c8ccccc8sc7c6c5c5ccccc45)c3)c3ccccc23)cc1. The predicted molar refractivity (Wildman–Crippen MR) is 663 cm³/mol. The highest BCUT2D eigenvalue weighted by molar-refractivity contribution is 7.34. The molecule has 696 valence electrons. The van der Waals surface area contributed by atoms with Crippen molar-refractivity contribution < 1.29 is 0 Å². The minimum atomic E-state index is 1.24. The fourth-order valence-corrected chi connectivity index (χ4v) is 32.6. The number of rotatable bonds is 9. The standard InChI is InChI=1S/3C48H28S2/c1-2-13-29(14-3-1)44-34-19-5-7-21-36(34)45(37-22-8-6-20-35(37)44)31-16-12-15-30(27-31)41-28-42-40-26-25-39-33-18-10-11-24-43(33)49-47(39)48(40)50-46(42)38-23-9-4-17-32(38)41;1-2-13-29(14-3-1)44-33-18-5-7-20-35(33)45(36-21-8-6-19-34(36)44)31-16-12-15-30(27-31)40-28-41-38-25-26-43-46(39-23-10-11-24-42(39)49-43)48(38)50-47(41)37-22-9-4-17-32(37)40;1-2-13-29(14-3-1)44-35-20-6-8-22-37(35)45(38-23-9-7-21-36(38)44)31-16-12-15-30(27-31)40-28-43-46(34-19-5-4-17-32(34)40)47-42(49-43)26-25-39-33-18-10-11-24-41(33)50-48(39)47/h3*1-28H. The first kappa shape index (κ1) is 86.9. The van der Waals surface area contributed by atoms with Gasteiger partial charge in [0.2, 0.25) is 0 Å². The summed E-state index contributed by atoms with van der Waals surface area (Å²) in [6.45, 7) is 0. The smallest absolute Gasteiger partial charge is 0.0534 e. The van der Waals surface area contributed by atoms with Crippen molar-refractivity contribution in [2.24, 2.45) is 0 Å². The predicted octanol–water partition coefficient (Wildman–Crippen LogP) is 44.6. The maximum absolute atomic E-state index is 2.46. The van der Waals surface area contributed by atoms with Crippen molar-refractivity contribution in [2.75, 3.05) is 0 Å². The number of fused-ring (bicyclic) bond motifs is 33. The van der Waals surface area contributed by atoms with Crippen LogP contribution in [0.15, 0.2) is 510 Å². The van der Waals surface area contributed by atoms with Gasteiger partial charge in [-0.25, -0.2) is 0 Å². The second-order valence-corrected chi connectivity index (χ2v) is 45.8. The molecular formula is C144H84S6. The highest BCUT2D eigenvalue weighted by Gasteiger charge is 2.28. The van der Waals surface area contributed by atoms with E-state index in [0.717, 1.165) is 0 Å². The van der Waals surface area contributed by atoms with Gasteiger partial charge in [-0.2, -0.15) is 0 Å². The third kappa shape index (κ3) is 13.7. The summed E-state index contributed by atoms with van der Waals surface area (Å²) in [6.07, 6.45) is 0. The molecule has 0 nitrogen and oxygen atoms in total. The van der Waals surface area contributed by atoms with E-state index in [-0.39, 0.29) is 0 Å². The summed E-state index contributed by atoms with van der Waals surface area (Å²) in [5.41, 5.74) is 22.8. The van der Waals surface area contributed by atoms with Crippen molar-refractivity contribution in [3.63, 3.8) is 0 Å². The van der Waals surface area contributed by atoms with Crippen LogP contribution in [0, 0.1) is 0 Å². The van der Waals surface area contributed by atoms with E-state index in [1.807, 2.05) is 68.0 Å². The van der Waals surface area contributed by atoms with Crippen LogP contribution in [0.25, 0.3) is 318 Å². The summed E-state index contributed by atoms with van der Waals surface area (Å²) in [5, 5.41) is 39.5. The Hall–Kier alpha value is -17.4. The van der Waals surface area contributed by atoms with Crippen LogP contribution in [-0.2, 0) is 0 Å². The summed E-state index contributed by atoms with van der Waals surface area (Å²) >= 11 is 11.6. The first-order valence-corrected chi connectivity index (χ1v) is 56.2. The normalized spacial score (nSPS) is 12.0. The molecule has 33 rings (SSSR count). The second-order valence-electron chi connectivity index (χ2n) is 39.5. The molecule has 0 atom stereocenters. The summed E-state index contributed by atoms with van der Waals surface area (Å²) in [6, 6.07) is 189. The number of thiophene rings is 6. The molecular weight excluding hydrogens is 1920 g/mol. The molecule has 0 unspecified atom stereocenters. The molecule has 0 N–H and O–H groups in total. The van der Waals surface area contributed by atoms with Crippen LogP contribution < -0.4 is 0 Å². The van der Waals surface area contributed by atoms with Crippen LogP contribution in [-0.4, -0.2) is 0 Å². The monoisotopic (exact) mass is 2000 g/mol. The molecule has 6 heterocycles. The van der Waals surface area contributed by atoms with Gasteiger partial charge in [0.25, 0.3) is 0 Å².